The van der Waals surface area contributed by atoms with Gasteiger partial charge in [-0.15, -0.1) is 0 Å². The number of rotatable bonds is 5. The van der Waals surface area contributed by atoms with Gasteiger partial charge in [0, 0.05) is 44.7 Å². The van der Waals surface area contributed by atoms with E-state index in [0.717, 1.165) is 12.8 Å². The zero-order valence-electron chi connectivity index (χ0n) is 15.2. The number of nitrogens with zero attached hydrogens (tertiary/aromatic N) is 5. The van der Waals surface area contributed by atoms with Gasteiger partial charge < -0.3 is 24.4 Å². The summed E-state index contributed by atoms with van der Waals surface area (Å²) < 4.78 is 5.84. The number of oxazole rings is 1. The van der Waals surface area contributed by atoms with Gasteiger partial charge in [0.2, 0.25) is 17.5 Å². The van der Waals surface area contributed by atoms with Crippen LogP contribution in [0.2, 0.25) is 0 Å². The summed E-state index contributed by atoms with van der Waals surface area (Å²) in [6.07, 6.45) is 2.17. The van der Waals surface area contributed by atoms with Crippen LogP contribution in [0.1, 0.15) is 37.3 Å². The zero-order valence-corrected chi connectivity index (χ0v) is 15.2. The van der Waals surface area contributed by atoms with E-state index in [1.165, 1.54) is 0 Å². The highest BCUT2D eigenvalue weighted by molar-refractivity contribution is 5.74. The molecule has 2 amide bonds. The number of aromatic nitrogens is 1. The van der Waals surface area contributed by atoms with Crippen LogP contribution in [0, 0.1) is 11.3 Å². The van der Waals surface area contributed by atoms with Crippen LogP contribution in [0.5, 0.6) is 0 Å². The highest BCUT2D eigenvalue weighted by Crippen LogP contribution is 2.41. The molecule has 0 aromatic carbocycles. The topological polar surface area (TPSA) is 88.6 Å². The lowest BCUT2D eigenvalue weighted by Gasteiger charge is -2.34. The summed E-state index contributed by atoms with van der Waals surface area (Å²) in [5.74, 6) is 1.63. The van der Waals surface area contributed by atoms with Gasteiger partial charge in [-0.1, -0.05) is 0 Å². The molecule has 8 nitrogen and oxygen atoms in total. The Morgan fingerprint density at radius 2 is 2.08 bits per heavy atom. The van der Waals surface area contributed by atoms with Crippen molar-refractivity contribution >= 4 is 11.9 Å². The molecule has 1 saturated heterocycles. The van der Waals surface area contributed by atoms with Crippen LogP contribution in [0.15, 0.2) is 4.42 Å². The summed E-state index contributed by atoms with van der Waals surface area (Å²) >= 11 is 0. The Morgan fingerprint density at radius 1 is 1.40 bits per heavy atom. The quantitative estimate of drug-likeness (QED) is 0.862. The van der Waals surface area contributed by atoms with Gasteiger partial charge in [-0.2, -0.15) is 5.26 Å². The summed E-state index contributed by atoms with van der Waals surface area (Å²) in [5, 5.41) is 12.3. The molecule has 1 aromatic heterocycles. The van der Waals surface area contributed by atoms with Crippen molar-refractivity contribution in [3.05, 3.63) is 11.6 Å². The first-order valence-corrected chi connectivity index (χ1v) is 8.84. The predicted octanol–water partition coefficient (Wildman–Crippen LogP) is 1.21. The van der Waals surface area contributed by atoms with Crippen molar-refractivity contribution in [3.63, 3.8) is 0 Å². The molecule has 2 heterocycles. The summed E-state index contributed by atoms with van der Waals surface area (Å²) in [4.78, 5) is 22.5. The van der Waals surface area contributed by atoms with E-state index >= 15 is 0 Å². The first-order valence-electron chi connectivity index (χ1n) is 8.84. The Kier molecular flexibility index (Phi) is 5.13. The molecule has 1 aliphatic carbocycles. The highest BCUT2D eigenvalue weighted by Gasteiger charge is 2.32. The van der Waals surface area contributed by atoms with Gasteiger partial charge in [0.1, 0.15) is 6.07 Å². The smallest absolute Gasteiger partial charge is 0.317 e. The second kappa shape index (κ2) is 7.31. The Bertz CT molecular complexity index is 653. The number of carbonyl (C=O) groups is 1. The molecule has 8 heteroatoms. The number of hydrogen-bond acceptors (Lipinski definition) is 6. The fraction of sp³-hybridized carbons (Fsp3) is 0.706. The molecule has 0 unspecified atom stereocenters. The third kappa shape index (κ3) is 4.04. The van der Waals surface area contributed by atoms with Crippen LogP contribution in [-0.4, -0.2) is 73.7 Å². The van der Waals surface area contributed by atoms with Gasteiger partial charge in [-0.25, -0.2) is 9.78 Å². The molecule has 1 aliphatic heterocycles. The molecule has 136 valence electrons. The lowest BCUT2D eigenvalue weighted by molar-refractivity contribution is 0.189. The second-order valence-electron chi connectivity index (χ2n) is 7.06. The molecule has 2 aliphatic rings. The van der Waals surface area contributed by atoms with Crippen LogP contribution in [0.4, 0.5) is 10.7 Å². The maximum atomic E-state index is 12.3. The van der Waals surface area contributed by atoms with Crippen molar-refractivity contribution < 1.29 is 9.21 Å². The normalized spacial score (nSPS) is 19.0. The Hall–Kier alpha value is -2.27. The molecule has 1 saturated carbocycles. The van der Waals surface area contributed by atoms with Gasteiger partial charge in [0.15, 0.2) is 0 Å². The molecule has 0 radical (unpaired) electrons. The third-order valence-electron chi connectivity index (χ3n) is 4.94. The molecule has 3 rings (SSSR count). The monoisotopic (exact) mass is 346 g/mol. The van der Waals surface area contributed by atoms with E-state index in [-0.39, 0.29) is 6.03 Å². The number of piperazine rings is 1. The largest absolute Gasteiger partial charge is 0.423 e. The average molecular weight is 346 g/mol. The summed E-state index contributed by atoms with van der Waals surface area (Å²) in [6, 6.07) is 2.38. The molecule has 0 bridgehead atoms. The van der Waals surface area contributed by atoms with Crippen LogP contribution in [0.25, 0.3) is 0 Å². The molecule has 1 N–H and O–H groups in total. The van der Waals surface area contributed by atoms with E-state index in [2.05, 4.69) is 28.2 Å². The standard InChI is InChI=1S/C17H26N6O2/c1-12(21(2)3)11-19-17(24)23-8-6-22(7-9-23)16-14(10-18)20-15(25-16)13-4-5-13/h12-13H,4-9,11H2,1-3H3,(H,19,24)/t12-/m1/s1. The number of urea groups is 1. The number of nitrogens with one attached hydrogen (secondary N) is 1. The lowest BCUT2D eigenvalue weighted by atomic mass is 10.3. The van der Waals surface area contributed by atoms with Crippen molar-refractivity contribution in [2.75, 3.05) is 51.7 Å². The Balaban J connectivity index is 1.53. The van der Waals surface area contributed by atoms with Crippen LogP contribution >= 0.6 is 0 Å². The first-order chi connectivity index (χ1) is 12.0. The van der Waals surface area contributed by atoms with Crippen LogP contribution < -0.4 is 10.2 Å². The van der Waals surface area contributed by atoms with Gasteiger partial charge in [-0.05, 0) is 33.9 Å². The molecular formula is C17H26N6O2. The molecule has 1 aromatic rings. The van der Waals surface area contributed by atoms with Crippen LogP contribution in [0.3, 0.4) is 0 Å². The van der Waals surface area contributed by atoms with E-state index in [9.17, 15) is 10.1 Å². The Morgan fingerprint density at radius 3 is 2.64 bits per heavy atom. The van der Waals surface area contributed by atoms with Crippen molar-refractivity contribution in [1.29, 1.82) is 5.26 Å². The zero-order chi connectivity index (χ0) is 18.0. The molecule has 1 atom stereocenters. The summed E-state index contributed by atoms with van der Waals surface area (Å²) in [7, 11) is 3.99. The molecule has 25 heavy (non-hydrogen) atoms. The third-order valence-corrected chi connectivity index (χ3v) is 4.94. The number of anilines is 1. The first kappa shape index (κ1) is 17.5. The van der Waals surface area contributed by atoms with Crippen molar-refractivity contribution in [3.8, 4) is 6.07 Å². The van der Waals surface area contributed by atoms with Gasteiger partial charge in [0.25, 0.3) is 0 Å². The maximum absolute atomic E-state index is 12.3. The maximum Gasteiger partial charge on any atom is 0.317 e. The number of likely N-dealkylation sites (N-methyl/N-ethyl adjacent to an activating group) is 1. The summed E-state index contributed by atoms with van der Waals surface area (Å²) in [6.45, 7) is 5.19. The highest BCUT2D eigenvalue weighted by atomic mass is 16.4. The average Bonchev–Trinajstić information content (AvgIpc) is 3.38. The van der Waals surface area contributed by atoms with Crippen molar-refractivity contribution in [2.24, 2.45) is 0 Å². The van der Waals surface area contributed by atoms with E-state index in [0.29, 0.717) is 62.2 Å². The minimum absolute atomic E-state index is 0.0369. The number of nitriles is 1. The van der Waals surface area contributed by atoms with E-state index in [1.54, 1.807) is 0 Å². The second-order valence-corrected chi connectivity index (χ2v) is 7.06. The van der Waals surface area contributed by atoms with E-state index < -0.39 is 0 Å². The van der Waals surface area contributed by atoms with Gasteiger partial charge in [0.05, 0.1) is 0 Å². The fourth-order valence-electron chi connectivity index (χ4n) is 2.76. The SMILES string of the molecule is C[C@H](CNC(=O)N1CCN(c2oc(C3CC3)nc2C#N)CC1)N(C)C. The minimum atomic E-state index is -0.0369. The number of amides is 2. The van der Waals surface area contributed by atoms with E-state index in [1.807, 2.05) is 23.9 Å². The predicted molar refractivity (Wildman–Crippen MR) is 93.5 cm³/mol. The number of carbonyl (C=O) groups excluding carboxylic acids is 1. The molecular weight excluding hydrogens is 320 g/mol. The van der Waals surface area contributed by atoms with Gasteiger partial charge >= 0.3 is 6.03 Å². The van der Waals surface area contributed by atoms with E-state index in [4.69, 9.17) is 4.42 Å². The Labute approximate surface area is 148 Å². The molecule has 2 fully saturated rings. The van der Waals surface area contributed by atoms with Gasteiger partial charge in [-0.3, -0.25) is 0 Å². The number of hydrogen-bond donors (Lipinski definition) is 1. The molecule has 0 spiro atoms. The van der Waals surface area contributed by atoms with Crippen molar-refractivity contribution in [1.82, 2.24) is 20.1 Å². The lowest BCUT2D eigenvalue weighted by Crippen LogP contribution is -2.53. The van der Waals surface area contributed by atoms with Crippen LogP contribution in [-0.2, 0) is 0 Å². The fourth-order valence-corrected chi connectivity index (χ4v) is 2.76. The minimum Gasteiger partial charge on any atom is -0.423 e. The van der Waals surface area contributed by atoms with Crippen molar-refractivity contribution in [2.45, 2.75) is 31.7 Å². The summed E-state index contributed by atoms with van der Waals surface area (Å²) in [5.41, 5.74) is 0.361.